The average molecular weight is 280 g/mol. The number of methoxy groups -OCH3 is 1. The number of benzene rings is 1. The largest absolute Gasteiger partial charge is 0.380 e. The van der Waals surface area contributed by atoms with Crippen molar-refractivity contribution in [3.63, 3.8) is 0 Å². The van der Waals surface area contributed by atoms with Gasteiger partial charge >= 0.3 is 0 Å². The number of ether oxygens (including phenoxy) is 2. The van der Waals surface area contributed by atoms with E-state index >= 15 is 0 Å². The summed E-state index contributed by atoms with van der Waals surface area (Å²) in [5.74, 6) is -0.0712. The van der Waals surface area contributed by atoms with E-state index < -0.39 is 0 Å². The minimum Gasteiger partial charge on any atom is -0.380 e. The van der Waals surface area contributed by atoms with Crippen LogP contribution in [0, 0.1) is 0 Å². The van der Waals surface area contributed by atoms with E-state index in [1.165, 1.54) is 0 Å². The van der Waals surface area contributed by atoms with Crippen molar-refractivity contribution in [3.8, 4) is 0 Å². The molecule has 20 heavy (non-hydrogen) atoms. The Morgan fingerprint density at radius 3 is 2.65 bits per heavy atom. The summed E-state index contributed by atoms with van der Waals surface area (Å²) >= 11 is 0. The highest BCUT2D eigenvalue weighted by Gasteiger charge is 2.13. The van der Waals surface area contributed by atoms with E-state index in [1.54, 1.807) is 7.11 Å². The maximum atomic E-state index is 11.7. The molecule has 0 spiro atoms. The van der Waals surface area contributed by atoms with E-state index in [0.29, 0.717) is 19.8 Å². The summed E-state index contributed by atoms with van der Waals surface area (Å²) in [6.45, 7) is 3.27. The van der Waals surface area contributed by atoms with Gasteiger partial charge in [0, 0.05) is 19.7 Å². The molecule has 0 heterocycles. The number of carbonyl (C=O) groups excluding carboxylic acids is 1. The number of hydrogen-bond donors (Lipinski definition) is 2. The van der Waals surface area contributed by atoms with Crippen molar-refractivity contribution in [1.82, 2.24) is 5.32 Å². The van der Waals surface area contributed by atoms with Crippen LogP contribution in [0.4, 0.5) is 0 Å². The fourth-order valence-electron chi connectivity index (χ4n) is 1.77. The van der Waals surface area contributed by atoms with Crippen molar-refractivity contribution >= 4 is 5.91 Å². The number of rotatable bonds is 9. The van der Waals surface area contributed by atoms with E-state index in [-0.39, 0.29) is 24.5 Å². The second-order valence-corrected chi connectivity index (χ2v) is 4.77. The Kier molecular flexibility index (Phi) is 7.87. The Labute approximate surface area is 120 Å². The molecule has 0 fully saturated rings. The van der Waals surface area contributed by atoms with Crippen molar-refractivity contribution in [2.24, 2.45) is 5.73 Å². The summed E-state index contributed by atoms with van der Waals surface area (Å²) < 4.78 is 10.6. The highest BCUT2D eigenvalue weighted by molar-refractivity contribution is 5.76. The first-order valence-electron chi connectivity index (χ1n) is 6.79. The van der Waals surface area contributed by atoms with E-state index in [4.69, 9.17) is 15.2 Å². The smallest absolute Gasteiger partial charge is 0.222 e. The van der Waals surface area contributed by atoms with Crippen LogP contribution in [-0.4, -0.2) is 38.3 Å². The van der Waals surface area contributed by atoms with Crippen molar-refractivity contribution in [2.45, 2.75) is 32.1 Å². The van der Waals surface area contributed by atoms with E-state index in [9.17, 15) is 4.79 Å². The van der Waals surface area contributed by atoms with Gasteiger partial charge in [-0.1, -0.05) is 30.3 Å². The van der Waals surface area contributed by atoms with Gasteiger partial charge in [0.1, 0.15) is 0 Å². The van der Waals surface area contributed by atoms with E-state index in [1.807, 2.05) is 37.3 Å². The van der Waals surface area contributed by atoms with Gasteiger partial charge in [0.15, 0.2) is 0 Å². The summed E-state index contributed by atoms with van der Waals surface area (Å²) in [4.78, 5) is 11.7. The second kappa shape index (κ2) is 9.47. The standard InChI is InChI=1S/C15H24N2O3/c1-12(17-15(18)8-14(9-16)19-2)10-20-11-13-6-4-3-5-7-13/h3-7,12,14H,8-11,16H2,1-2H3,(H,17,18). The quantitative estimate of drug-likeness (QED) is 0.709. The number of nitrogens with one attached hydrogen (secondary N) is 1. The highest BCUT2D eigenvalue weighted by Crippen LogP contribution is 2.01. The van der Waals surface area contributed by atoms with Crippen LogP contribution in [0.15, 0.2) is 30.3 Å². The summed E-state index contributed by atoms with van der Waals surface area (Å²) in [6.07, 6.45) is 0.0446. The minimum atomic E-state index is -0.229. The molecule has 112 valence electrons. The molecular weight excluding hydrogens is 256 g/mol. The van der Waals surface area contributed by atoms with Crippen molar-refractivity contribution in [1.29, 1.82) is 0 Å². The van der Waals surface area contributed by atoms with E-state index in [2.05, 4.69) is 5.32 Å². The van der Waals surface area contributed by atoms with Gasteiger partial charge in [-0.2, -0.15) is 0 Å². The zero-order valence-electron chi connectivity index (χ0n) is 12.2. The lowest BCUT2D eigenvalue weighted by Crippen LogP contribution is -2.39. The van der Waals surface area contributed by atoms with Crippen LogP contribution in [0.3, 0.4) is 0 Å². The monoisotopic (exact) mass is 280 g/mol. The van der Waals surface area contributed by atoms with Crippen LogP contribution < -0.4 is 11.1 Å². The molecule has 0 radical (unpaired) electrons. The van der Waals surface area contributed by atoms with Gasteiger partial charge in [0.25, 0.3) is 0 Å². The Morgan fingerprint density at radius 1 is 1.35 bits per heavy atom. The molecule has 0 aliphatic rings. The summed E-state index contributed by atoms with van der Waals surface area (Å²) in [6, 6.07) is 9.89. The molecule has 1 rings (SSSR count). The van der Waals surface area contributed by atoms with Gasteiger partial charge in [0.2, 0.25) is 5.91 Å². The van der Waals surface area contributed by atoms with Gasteiger partial charge in [-0.15, -0.1) is 0 Å². The lowest BCUT2D eigenvalue weighted by atomic mass is 10.2. The zero-order valence-corrected chi connectivity index (χ0v) is 12.2. The molecule has 0 aromatic heterocycles. The van der Waals surface area contributed by atoms with Crippen molar-refractivity contribution in [3.05, 3.63) is 35.9 Å². The highest BCUT2D eigenvalue weighted by atomic mass is 16.5. The van der Waals surface area contributed by atoms with Crippen LogP contribution in [-0.2, 0) is 20.9 Å². The van der Waals surface area contributed by atoms with Crippen LogP contribution in [0.2, 0.25) is 0 Å². The molecule has 0 aliphatic carbocycles. The topological polar surface area (TPSA) is 73.6 Å². The predicted octanol–water partition coefficient (Wildman–Crippen LogP) is 1.07. The molecule has 2 unspecified atom stereocenters. The van der Waals surface area contributed by atoms with Gasteiger partial charge in [-0.25, -0.2) is 0 Å². The van der Waals surface area contributed by atoms with Gasteiger partial charge < -0.3 is 20.5 Å². The molecule has 5 nitrogen and oxygen atoms in total. The number of amides is 1. The van der Waals surface area contributed by atoms with Gasteiger partial charge in [-0.05, 0) is 12.5 Å². The molecule has 1 aromatic rings. The molecule has 1 aromatic carbocycles. The van der Waals surface area contributed by atoms with Crippen LogP contribution in [0.25, 0.3) is 0 Å². The summed E-state index contributed by atoms with van der Waals surface area (Å²) in [5, 5.41) is 2.87. The number of carbonyl (C=O) groups is 1. The summed E-state index contributed by atoms with van der Waals surface area (Å²) in [5.41, 5.74) is 6.60. The molecule has 0 saturated heterocycles. The fraction of sp³-hybridized carbons (Fsp3) is 0.533. The first kappa shape index (κ1) is 16.6. The SMILES string of the molecule is COC(CN)CC(=O)NC(C)COCc1ccccc1. The Morgan fingerprint density at radius 2 is 2.05 bits per heavy atom. The molecule has 0 aliphatic heterocycles. The predicted molar refractivity (Wildman–Crippen MR) is 78.2 cm³/mol. The third kappa shape index (κ3) is 6.65. The maximum Gasteiger partial charge on any atom is 0.222 e. The number of nitrogens with two attached hydrogens (primary N) is 1. The molecule has 1 amide bonds. The number of hydrogen-bond acceptors (Lipinski definition) is 4. The average Bonchev–Trinajstić information content (AvgIpc) is 2.45. The van der Waals surface area contributed by atoms with Crippen molar-refractivity contribution < 1.29 is 14.3 Å². The fourth-order valence-corrected chi connectivity index (χ4v) is 1.77. The van der Waals surface area contributed by atoms with Crippen molar-refractivity contribution in [2.75, 3.05) is 20.3 Å². The lowest BCUT2D eigenvalue weighted by Gasteiger charge is -2.17. The zero-order chi connectivity index (χ0) is 14.8. The third-order valence-corrected chi connectivity index (χ3v) is 2.90. The lowest BCUT2D eigenvalue weighted by molar-refractivity contribution is -0.124. The Balaban J connectivity index is 2.19. The van der Waals surface area contributed by atoms with Crippen LogP contribution in [0.1, 0.15) is 18.9 Å². The van der Waals surface area contributed by atoms with Crippen LogP contribution in [0.5, 0.6) is 0 Å². The Bertz CT molecular complexity index is 380. The van der Waals surface area contributed by atoms with E-state index in [0.717, 1.165) is 5.56 Å². The molecule has 0 saturated carbocycles. The second-order valence-electron chi connectivity index (χ2n) is 4.77. The third-order valence-electron chi connectivity index (χ3n) is 2.90. The molecular formula is C15H24N2O3. The van der Waals surface area contributed by atoms with Gasteiger partial charge in [0.05, 0.1) is 25.7 Å². The molecule has 3 N–H and O–H groups in total. The molecule has 5 heteroatoms. The van der Waals surface area contributed by atoms with Crippen LogP contribution >= 0.6 is 0 Å². The molecule has 2 atom stereocenters. The molecule has 0 bridgehead atoms. The Hall–Kier alpha value is -1.43. The minimum absolute atomic E-state index is 0.0403. The maximum absolute atomic E-state index is 11.7. The first-order valence-corrected chi connectivity index (χ1v) is 6.79. The first-order chi connectivity index (χ1) is 9.65. The summed E-state index contributed by atoms with van der Waals surface area (Å²) in [7, 11) is 1.55. The normalized spacial score (nSPS) is 13.8. The van der Waals surface area contributed by atoms with Gasteiger partial charge in [-0.3, -0.25) is 4.79 Å².